The third kappa shape index (κ3) is 7.87. The molecule has 0 bridgehead atoms. The van der Waals surface area contributed by atoms with Gasteiger partial charge in [-0.25, -0.2) is 0 Å². The van der Waals surface area contributed by atoms with Gasteiger partial charge in [-0.2, -0.15) is 0 Å². The fraction of sp³-hybridized carbons (Fsp3) is 0.190. The summed E-state index contributed by atoms with van der Waals surface area (Å²) in [5, 5.41) is 3.85. The van der Waals surface area contributed by atoms with Gasteiger partial charge in [0, 0.05) is 63.4 Å². The number of para-hydroxylation sites is 2. The summed E-state index contributed by atoms with van der Waals surface area (Å²) < 4.78 is 41.2. The molecule has 4 heterocycles. The van der Waals surface area contributed by atoms with E-state index in [9.17, 15) is 0 Å². The van der Waals surface area contributed by atoms with Crippen molar-refractivity contribution in [2.24, 2.45) is 0 Å². The summed E-state index contributed by atoms with van der Waals surface area (Å²) >= 11 is 0. The second-order valence-electron chi connectivity index (χ2n) is 18.0. The molecular weight excluding hydrogens is 977 g/mol. The summed E-state index contributed by atoms with van der Waals surface area (Å²) in [6, 6.07) is 52.7. The minimum Gasteiger partial charge on any atom is -0.497 e. The quantitative estimate of drug-likeness (QED) is 0.155. The van der Waals surface area contributed by atoms with E-state index in [1.807, 2.05) is 79.0 Å². The number of hydrogen-bond donors (Lipinski definition) is 0. The monoisotopic (exact) mass is 1030 g/mol. The van der Waals surface area contributed by atoms with Gasteiger partial charge in [-0.05, 0) is 82.9 Å². The molecule has 7 aromatic carbocycles. The van der Waals surface area contributed by atoms with E-state index in [1.54, 1.807) is 12.1 Å². The zero-order valence-corrected chi connectivity index (χ0v) is 39.8. The van der Waals surface area contributed by atoms with Gasteiger partial charge in [-0.1, -0.05) is 126 Å². The van der Waals surface area contributed by atoms with Crippen molar-refractivity contribution in [2.75, 3.05) is 0 Å². The van der Waals surface area contributed by atoms with Crippen molar-refractivity contribution in [3.05, 3.63) is 180 Å². The van der Waals surface area contributed by atoms with Crippen LogP contribution < -0.4 is 0 Å². The van der Waals surface area contributed by atoms with E-state index in [1.165, 1.54) is 0 Å². The second kappa shape index (κ2) is 17.4. The number of aryl methyl sites for hydroxylation is 1. The molecule has 11 rings (SSSR count). The molecule has 4 aromatic heterocycles. The number of nitrogens with zero attached hydrogens (tertiary/aromatic N) is 4. The first-order valence-electron chi connectivity index (χ1n) is 23.4. The van der Waals surface area contributed by atoms with E-state index in [2.05, 4.69) is 130 Å². The molecule has 0 atom stereocenters. The standard InChI is InChI=1S/C44H35N2O2.C14H15N2.Ir/c1-25(2)35-23-29(28-14-7-6-8-15-28)24-36(26(3)4)40(35)46-39-27(5)13-11-19-37(39)45-44(46)34-18-12-17-31-33-22-21-32-30-16-9-10-20-38(30)47-42(32)43(33)48-41(31)34;1-14(2,3)12-9-10-15-13(16-12)11-7-5-4-6-8-11;/h6-17,19-26H,1-5H3;4-7,9-10H,1-3H3;/q2*-1;/i5D3;;. The number of aromatic nitrogens is 4. The number of rotatable bonds is 6. The van der Waals surface area contributed by atoms with Crippen LogP contribution in [0.5, 0.6) is 0 Å². The van der Waals surface area contributed by atoms with Crippen LogP contribution in [0.4, 0.5) is 0 Å². The average Bonchev–Trinajstić information content (AvgIpc) is 4.03. The van der Waals surface area contributed by atoms with Gasteiger partial charge in [0.1, 0.15) is 5.58 Å². The zero-order chi connectivity index (χ0) is 46.8. The molecular formula is C58H50IrN4O2-2. The summed E-state index contributed by atoms with van der Waals surface area (Å²) in [4.78, 5) is 14.1. The smallest absolute Gasteiger partial charge is 0.177 e. The maximum absolute atomic E-state index is 8.63. The molecule has 6 nitrogen and oxygen atoms in total. The van der Waals surface area contributed by atoms with Crippen LogP contribution in [-0.2, 0) is 25.5 Å². The van der Waals surface area contributed by atoms with Gasteiger partial charge >= 0.3 is 0 Å². The van der Waals surface area contributed by atoms with Gasteiger partial charge < -0.3 is 13.4 Å². The summed E-state index contributed by atoms with van der Waals surface area (Å²) in [5.74, 6) is 1.54. The van der Waals surface area contributed by atoms with Gasteiger partial charge in [0.15, 0.2) is 11.2 Å². The molecule has 325 valence electrons. The Kier molecular flexibility index (Phi) is 10.7. The molecule has 0 aliphatic carbocycles. The number of fused-ring (bicyclic) bond motifs is 8. The van der Waals surface area contributed by atoms with Gasteiger partial charge in [-0.3, -0.25) is 15.0 Å². The minimum absolute atomic E-state index is 0. The Labute approximate surface area is 398 Å². The molecule has 0 spiro atoms. The second-order valence-corrected chi connectivity index (χ2v) is 18.0. The van der Waals surface area contributed by atoms with Crippen molar-refractivity contribution in [3.63, 3.8) is 0 Å². The molecule has 65 heavy (non-hydrogen) atoms. The Hall–Kier alpha value is -6.66. The average molecular weight is 1030 g/mol. The van der Waals surface area contributed by atoms with Gasteiger partial charge in [-0.15, -0.1) is 54.1 Å². The minimum atomic E-state index is -2.38. The van der Waals surface area contributed by atoms with Gasteiger partial charge in [0.05, 0.1) is 28.3 Å². The first-order valence-corrected chi connectivity index (χ1v) is 21.9. The van der Waals surface area contributed by atoms with Crippen LogP contribution in [0.25, 0.3) is 94.5 Å². The SMILES string of the molecule is CC(C)(C)c1ccnc(-c2[c-]cccc2)n1.[2H]C([2H])([2H])c1cccc2nc(-c3[c-]ccc4c3oc3c4ccc4c5ccccc5oc43)n(-c3c(C(C)C)cc(-c4ccccc4)cc3C(C)C)c12.[Ir]. The Morgan fingerprint density at radius 1 is 0.631 bits per heavy atom. The van der Waals surface area contributed by atoms with Crippen molar-refractivity contribution >= 4 is 54.9 Å². The Morgan fingerprint density at radius 2 is 1.32 bits per heavy atom. The summed E-state index contributed by atoms with van der Waals surface area (Å²) in [6.07, 6.45) is 1.81. The first kappa shape index (κ1) is 39.9. The Bertz CT molecular complexity index is 3590. The van der Waals surface area contributed by atoms with Gasteiger partial charge in [0.2, 0.25) is 0 Å². The number of furan rings is 2. The molecule has 0 amide bonds. The Morgan fingerprint density at radius 3 is 2.03 bits per heavy atom. The molecule has 0 aliphatic rings. The number of benzene rings is 7. The van der Waals surface area contributed by atoms with Crippen LogP contribution in [0.15, 0.2) is 155 Å². The number of imidazole rings is 1. The van der Waals surface area contributed by atoms with Crippen LogP contribution in [0.3, 0.4) is 0 Å². The fourth-order valence-corrected chi connectivity index (χ4v) is 8.71. The van der Waals surface area contributed by atoms with Crippen molar-refractivity contribution in [1.29, 1.82) is 0 Å². The molecule has 1 radical (unpaired) electrons. The van der Waals surface area contributed by atoms with E-state index in [0.717, 1.165) is 72.2 Å². The van der Waals surface area contributed by atoms with E-state index < -0.39 is 6.85 Å². The van der Waals surface area contributed by atoms with Crippen molar-refractivity contribution in [1.82, 2.24) is 19.5 Å². The van der Waals surface area contributed by atoms with Crippen LogP contribution in [0.1, 0.15) is 86.8 Å². The Balaban J connectivity index is 0.000000289. The van der Waals surface area contributed by atoms with Crippen LogP contribution >= 0.6 is 0 Å². The van der Waals surface area contributed by atoms with E-state index in [4.69, 9.17) is 17.9 Å². The molecule has 7 heteroatoms. The van der Waals surface area contributed by atoms with Crippen LogP contribution in [-0.4, -0.2) is 19.5 Å². The fourth-order valence-electron chi connectivity index (χ4n) is 8.71. The topological polar surface area (TPSA) is 69.9 Å². The summed E-state index contributed by atoms with van der Waals surface area (Å²) in [5.41, 5.74) is 12.2. The third-order valence-electron chi connectivity index (χ3n) is 12.0. The first-order chi connectivity index (χ1) is 32.2. The maximum atomic E-state index is 8.63. The van der Waals surface area contributed by atoms with Crippen molar-refractivity contribution < 1.29 is 33.1 Å². The predicted octanol–water partition coefficient (Wildman–Crippen LogP) is 15.8. The molecule has 0 saturated carbocycles. The third-order valence-corrected chi connectivity index (χ3v) is 12.0. The molecule has 0 aliphatic heterocycles. The molecule has 11 aromatic rings. The molecule has 0 fully saturated rings. The molecule has 0 saturated heterocycles. The summed E-state index contributed by atoms with van der Waals surface area (Å²) in [6.45, 7) is 12.8. The molecule has 0 unspecified atom stereocenters. The zero-order valence-electron chi connectivity index (χ0n) is 40.4. The normalized spacial score (nSPS) is 12.7. The van der Waals surface area contributed by atoms with Crippen molar-refractivity contribution in [2.45, 2.75) is 72.6 Å². The molecule has 0 N–H and O–H groups in total. The number of hydrogen-bond acceptors (Lipinski definition) is 5. The van der Waals surface area contributed by atoms with E-state index in [0.29, 0.717) is 39.2 Å². The van der Waals surface area contributed by atoms with Crippen LogP contribution in [0.2, 0.25) is 0 Å². The van der Waals surface area contributed by atoms with Gasteiger partial charge in [0.25, 0.3) is 0 Å². The predicted molar refractivity (Wildman–Crippen MR) is 263 cm³/mol. The maximum Gasteiger partial charge on any atom is 0.177 e. The summed E-state index contributed by atoms with van der Waals surface area (Å²) in [7, 11) is 0. The van der Waals surface area contributed by atoms with E-state index >= 15 is 0 Å². The van der Waals surface area contributed by atoms with E-state index in [-0.39, 0.29) is 42.9 Å². The largest absolute Gasteiger partial charge is 0.497 e. The van der Waals surface area contributed by atoms with Crippen molar-refractivity contribution in [3.8, 4) is 39.6 Å². The van der Waals surface area contributed by atoms with Crippen LogP contribution in [0, 0.1) is 19.0 Å².